The second-order valence-electron chi connectivity index (χ2n) is 4.98. The summed E-state index contributed by atoms with van der Waals surface area (Å²) in [6.45, 7) is 3.62. The average molecular weight is 347 g/mol. The van der Waals surface area contributed by atoms with E-state index in [9.17, 15) is 14.3 Å². The molecule has 2 aromatic carbocycles. The number of amides is 1. The van der Waals surface area contributed by atoms with Crippen LogP contribution in [-0.4, -0.2) is 17.5 Å². The van der Waals surface area contributed by atoms with Gasteiger partial charge in [-0.2, -0.15) is 0 Å². The van der Waals surface area contributed by atoms with Crippen LogP contribution in [0.15, 0.2) is 60.0 Å². The second kappa shape index (κ2) is 8.40. The van der Waals surface area contributed by atoms with E-state index < -0.39 is 23.8 Å². The van der Waals surface area contributed by atoms with E-state index in [1.54, 1.807) is 30.0 Å². The van der Waals surface area contributed by atoms with Gasteiger partial charge in [-0.05, 0) is 48.2 Å². The highest BCUT2D eigenvalue weighted by molar-refractivity contribution is 7.98. The summed E-state index contributed by atoms with van der Waals surface area (Å²) in [6.07, 6.45) is 2.53. The number of rotatable bonds is 6. The highest BCUT2D eigenvalue weighted by Gasteiger charge is 2.17. The Morgan fingerprint density at radius 3 is 2.67 bits per heavy atom. The van der Waals surface area contributed by atoms with Gasteiger partial charge in [0, 0.05) is 17.0 Å². The molecule has 0 unspecified atom stereocenters. The number of aromatic hydroxyl groups is 1. The van der Waals surface area contributed by atoms with Gasteiger partial charge in [0.15, 0.2) is 11.6 Å². The summed E-state index contributed by atoms with van der Waals surface area (Å²) in [5.74, 6) is -1.22. The molecular formula is C18H18FNO3S. The third kappa shape index (κ3) is 4.76. The van der Waals surface area contributed by atoms with Crippen LogP contribution in [0.2, 0.25) is 0 Å². The van der Waals surface area contributed by atoms with E-state index in [2.05, 4.69) is 11.9 Å². The van der Waals surface area contributed by atoms with Crippen molar-refractivity contribution in [3.05, 3.63) is 66.5 Å². The van der Waals surface area contributed by atoms with Gasteiger partial charge in [0.1, 0.15) is 6.10 Å². The van der Waals surface area contributed by atoms with Crippen LogP contribution in [0.4, 0.5) is 14.9 Å². The van der Waals surface area contributed by atoms with Gasteiger partial charge in [-0.1, -0.05) is 12.1 Å². The van der Waals surface area contributed by atoms with Crippen LogP contribution in [0.5, 0.6) is 5.75 Å². The van der Waals surface area contributed by atoms with Crippen LogP contribution in [0, 0.1) is 5.82 Å². The Balaban J connectivity index is 2.06. The third-order valence-corrected chi connectivity index (χ3v) is 4.05. The fraction of sp³-hybridized carbons (Fsp3) is 0.167. The van der Waals surface area contributed by atoms with E-state index in [0.717, 1.165) is 11.0 Å². The fourth-order valence-corrected chi connectivity index (χ4v) is 2.49. The molecule has 1 amide bonds. The van der Waals surface area contributed by atoms with E-state index in [4.69, 9.17) is 4.74 Å². The molecule has 2 N–H and O–H groups in total. The Hall–Kier alpha value is -2.47. The van der Waals surface area contributed by atoms with Crippen LogP contribution in [0.1, 0.15) is 18.1 Å². The largest absolute Gasteiger partial charge is 0.505 e. The lowest BCUT2D eigenvalue weighted by molar-refractivity contribution is 0.112. The molecule has 0 bridgehead atoms. The molecule has 1 atom stereocenters. The Bertz CT molecular complexity index is 719. The summed E-state index contributed by atoms with van der Waals surface area (Å²) in [7, 11) is 0. The number of nitrogens with one attached hydrogen (secondary N) is 1. The maximum Gasteiger partial charge on any atom is 0.412 e. The molecule has 0 aliphatic carbocycles. The zero-order chi connectivity index (χ0) is 17.5. The molecule has 0 spiro atoms. The number of hydrogen-bond donors (Lipinski definition) is 2. The number of halogens is 1. The van der Waals surface area contributed by atoms with E-state index >= 15 is 0 Å². The number of carbonyl (C=O) groups excluding carboxylic acids is 1. The van der Waals surface area contributed by atoms with Gasteiger partial charge < -0.3 is 9.84 Å². The van der Waals surface area contributed by atoms with E-state index in [-0.39, 0.29) is 0 Å². The van der Waals surface area contributed by atoms with Crippen molar-refractivity contribution in [2.75, 3.05) is 11.6 Å². The molecule has 0 aliphatic rings. The van der Waals surface area contributed by atoms with Crippen LogP contribution in [-0.2, 0) is 4.74 Å². The molecule has 0 radical (unpaired) electrons. The lowest BCUT2D eigenvalue weighted by atomic mass is 10.1. The van der Waals surface area contributed by atoms with Gasteiger partial charge in [0.25, 0.3) is 0 Å². The molecule has 0 fully saturated rings. The SMILES string of the molecule is C=CC[C@@H](OC(=O)Nc1ccc(SC)cc1)c1ccc(O)c(F)c1. The van der Waals surface area contributed by atoms with Crippen molar-refractivity contribution in [3.8, 4) is 5.75 Å². The summed E-state index contributed by atoms with van der Waals surface area (Å²) in [4.78, 5) is 13.1. The van der Waals surface area contributed by atoms with Crippen molar-refractivity contribution in [2.24, 2.45) is 0 Å². The lowest BCUT2D eigenvalue weighted by Gasteiger charge is -2.17. The molecule has 126 valence electrons. The Morgan fingerprint density at radius 2 is 2.08 bits per heavy atom. The average Bonchev–Trinajstić information content (AvgIpc) is 2.57. The quantitative estimate of drug-likeness (QED) is 0.562. The number of hydrogen-bond acceptors (Lipinski definition) is 4. The maximum absolute atomic E-state index is 13.5. The topological polar surface area (TPSA) is 58.6 Å². The first-order valence-corrected chi connectivity index (χ1v) is 8.47. The molecule has 2 rings (SSSR count). The van der Waals surface area contributed by atoms with E-state index in [0.29, 0.717) is 17.7 Å². The molecule has 24 heavy (non-hydrogen) atoms. The van der Waals surface area contributed by atoms with Crippen LogP contribution in [0.3, 0.4) is 0 Å². The summed E-state index contributed by atoms with van der Waals surface area (Å²) in [6, 6.07) is 11.2. The van der Waals surface area contributed by atoms with E-state index in [1.807, 2.05) is 18.4 Å². The monoisotopic (exact) mass is 347 g/mol. The first-order chi connectivity index (χ1) is 11.5. The molecule has 0 aliphatic heterocycles. The van der Waals surface area contributed by atoms with Gasteiger partial charge in [0.2, 0.25) is 0 Å². The zero-order valence-corrected chi connectivity index (χ0v) is 14.0. The molecule has 0 saturated carbocycles. The van der Waals surface area contributed by atoms with Crippen molar-refractivity contribution in [2.45, 2.75) is 17.4 Å². The van der Waals surface area contributed by atoms with Crippen LogP contribution >= 0.6 is 11.8 Å². The third-order valence-electron chi connectivity index (χ3n) is 3.31. The van der Waals surface area contributed by atoms with Gasteiger partial charge in [-0.15, -0.1) is 18.3 Å². The summed E-state index contributed by atoms with van der Waals surface area (Å²) >= 11 is 1.60. The molecule has 0 heterocycles. The Labute approximate surface area is 144 Å². The molecule has 2 aromatic rings. The van der Waals surface area contributed by atoms with Crippen molar-refractivity contribution in [3.63, 3.8) is 0 Å². The lowest BCUT2D eigenvalue weighted by Crippen LogP contribution is -2.17. The molecule has 0 saturated heterocycles. The molecule has 4 nitrogen and oxygen atoms in total. The number of phenols is 1. The Kier molecular flexibility index (Phi) is 6.26. The molecule has 6 heteroatoms. The van der Waals surface area contributed by atoms with Gasteiger partial charge >= 0.3 is 6.09 Å². The first-order valence-electron chi connectivity index (χ1n) is 7.24. The highest BCUT2D eigenvalue weighted by Crippen LogP contribution is 2.26. The molecule has 0 aromatic heterocycles. The summed E-state index contributed by atoms with van der Waals surface area (Å²) < 4.78 is 18.9. The predicted octanol–water partition coefficient (Wildman–Crippen LogP) is 5.12. The number of phenolic OH excluding ortho intramolecular Hbond substituents is 1. The van der Waals surface area contributed by atoms with Crippen molar-refractivity contribution in [1.82, 2.24) is 0 Å². The van der Waals surface area contributed by atoms with Crippen molar-refractivity contribution < 1.29 is 19.0 Å². The van der Waals surface area contributed by atoms with Crippen LogP contribution in [0.25, 0.3) is 0 Å². The van der Waals surface area contributed by atoms with Gasteiger partial charge in [-0.3, -0.25) is 5.32 Å². The number of thioether (sulfide) groups is 1. The number of anilines is 1. The number of carbonyl (C=O) groups is 1. The normalized spacial score (nSPS) is 11.6. The molecular weight excluding hydrogens is 329 g/mol. The first kappa shape index (κ1) is 17.9. The highest BCUT2D eigenvalue weighted by atomic mass is 32.2. The minimum absolute atomic E-state index is 0.322. The van der Waals surface area contributed by atoms with Gasteiger partial charge in [0.05, 0.1) is 0 Å². The fourth-order valence-electron chi connectivity index (χ4n) is 2.08. The number of ether oxygens (including phenoxy) is 1. The summed E-state index contributed by atoms with van der Waals surface area (Å²) in [5.41, 5.74) is 1.05. The minimum Gasteiger partial charge on any atom is -0.505 e. The maximum atomic E-state index is 13.5. The number of benzene rings is 2. The van der Waals surface area contributed by atoms with E-state index in [1.165, 1.54) is 12.1 Å². The van der Waals surface area contributed by atoms with Crippen molar-refractivity contribution >= 4 is 23.5 Å². The second-order valence-corrected chi connectivity index (χ2v) is 5.86. The zero-order valence-electron chi connectivity index (χ0n) is 13.2. The van der Waals surface area contributed by atoms with Crippen LogP contribution < -0.4 is 5.32 Å². The van der Waals surface area contributed by atoms with Gasteiger partial charge in [-0.25, -0.2) is 9.18 Å². The standard InChI is InChI=1S/C18H18FNO3S/c1-3-4-17(12-5-10-16(21)15(19)11-12)23-18(22)20-13-6-8-14(24-2)9-7-13/h3,5-11,17,21H,1,4H2,2H3,(H,20,22)/t17-/m1/s1. The minimum atomic E-state index is -0.766. The van der Waals surface area contributed by atoms with Crippen molar-refractivity contribution in [1.29, 1.82) is 0 Å². The smallest absolute Gasteiger partial charge is 0.412 e. The predicted molar refractivity (Wildman–Crippen MR) is 93.9 cm³/mol. The summed E-state index contributed by atoms with van der Waals surface area (Å²) in [5, 5.41) is 11.9. The Morgan fingerprint density at radius 1 is 1.38 bits per heavy atom.